The molecular formula is C24H25N3O7S. The molecule has 10 nitrogen and oxygen atoms in total. The summed E-state index contributed by atoms with van der Waals surface area (Å²) in [4.78, 5) is 43.4. The third-order valence-corrected chi connectivity index (χ3v) is 6.46. The number of carbonyl (C=O) groups excluding carboxylic acids is 3. The maximum absolute atomic E-state index is 12.5. The first-order valence-electron chi connectivity index (χ1n) is 11.1. The number of aliphatic hydroxyl groups is 1. The highest BCUT2D eigenvalue weighted by Crippen LogP contribution is 2.35. The maximum atomic E-state index is 12.5. The number of nitrogens with zero attached hydrogens (tertiary/aromatic N) is 3. The van der Waals surface area contributed by atoms with Gasteiger partial charge in [-0.15, -0.1) is 11.3 Å². The van der Waals surface area contributed by atoms with Crippen molar-refractivity contribution < 1.29 is 33.7 Å². The second-order valence-electron chi connectivity index (χ2n) is 7.64. The Hall–Kier alpha value is -3.70. The molecule has 0 aliphatic carbocycles. The normalized spacial score (nSPS) is 15.2. The molecule has 11 heteroatoms. The number of esters is 2. The zero-order valence-electron chi connectivity index (χ0n) is 19.3. The van der Waals surface area contributed by atoms with Crippen LogP contribution in [0, 0.1) is 0 Å². The first-order valence-corrected chi connectivity index (χ1v) is 11.9. The van der Waals surface area contributed by atoms with Crippen LogP contribution in [0.2, 0.25) is 0 Å². The van der Waals surface area contributed by atoms with Crippen LogP contribution in [-0.2, 0) is 20.8 Å². The summed E-state index contributed by atoms with van der Waals surface area (Å²) in [6, 6.07) is 11.5. The molecule has 0 bridgehead atoms. The van der Waals surface area contributed by atoms with Crippen LogP contribution in [0.1, 0.15) is 40.4 Å². The van der Waals surface area contributed by atoms with Gasteiger partial charge in [-0.25, -0.2) is 19.4 Å². The van der Waals surface area contributed by atoms with Gasteiger partial charge in [-0.3, -0.25) is 4.90 Å². The molecule has 1 aromatic carbocycles. The monoisotopic (exact) mass is 499 g/mol. The molecular weight excluding hydrogens is 474 g/mol. The number of imidazole rings is 1. The fourth-order valence-corrected chi connectivity index (χ4v) is 4.67. The summed E-state index contributed by atoms with van der Waals surface area (Å²) in [6.45, 7) is 4.11. The molecule has 184 valence electrons. The molecule has 1 aliphatic heterocycles. The molecule has 2 aromatic heterocycles. The smallest absolute Gasteiger partial charge is 0.415 e. The largest absolute Gasteiger partial charge is 0.461 e. The fourth-order valence-electron chi connectivity index (χ4n) is 3.66. The maximum Gasteiger partial charge on any atom is 0.415 e. The lowest BCUT2D eigenvalue weighted by Gasteiger charge is -2.10. The number of thiophene rings is 1. The third kappa shape index (κ3) is 5.20. The van der Waals surface area contributed by atoms with Gasteiger partial charge in [-0.05, 0) is 37.1 Å². The van der Waals surface area contributed by atoms with Gasteiger partial charge >= 0.3 is 18.0 Å². The third-order valence-electron chi connectivity index (χ3n) is 5.30. The molecule has 3 heterocycles. The quantitative estimate of drug-likeness (QED) is 0.352. The highest BCUT2D eigenvalue weighted by Gasteiger charge is 2.32. The van der Waals surface area contributed by atoms with Crippen molar-refractivity contribution in [1.29, 1.82) is 0 Å². The summed E-state index contributed by atoms with van der Waals surface area (Å²) >= 11 is 1.45. The second kappa shape index (κ2) is 10.7. The van der Waals surface area contributed by atoms with Gasteiger partial charge in [-0.2, -0.15) is 0 Å². The lowest BCUT2D eigenvalue weighted by molar-refractivity contribution is 0.0467. The average Bonchev–Trinajstić information content (AvgIpc) is 3.58. The van der Waals surface area contributed by atoms with Gasteiger partial charge in [0.2, 0.25) is 0 Å². The van der Waals surface area contributed by atoms with E-state index in [-0.39, 0.29) is 31.2 Å². The van der Waals surface area contributed by atoms with Gasteiger partial charge in [0.25, 0.3) is 0 Å². The standard InChI is InChI=1S/C24H25N3O7S/c1-3-32-22(29)20-21(23(30)33-4-2)26(14-25-20)11-15-5-7-16(8-6-15)18-9-10-19(35-18)27-12-17(13-28)34-24(27)31/h5-10,14,17,28H,3-4,11-13H2,1-2H3/t17-/m1/s1. The molecule has 1 saturated heterocycles. The average molecular weight is 500 g/mol. The molecule has 1 atom stereocenters. The minimum absolute atomic E-state index is 0.0518. The highest BCUT2D eigenvalue weighted by molar-refractivity contribution is 7.19. The Morgan fingerprint density at radius 1 is 1.11 bits per heavy atom. The number of benzene rings is 1. The van der Waals surface area contributed by atoms with Gasteiger partial charge in [0.15, 0.2) is 11.4 Å². The van der Waals surface area contributed by atoms with E-state index in [4.69, 9.17) is 14.2 Å². The van der Waals surface area contributed by atoms with Crippen molar-refractivity contribution >= 4 is 34.4 Å². The Balaban J connectivity index is 1.52. The predicted molar refractivity (Wildman–Crippen MR) is 128 cm³/mol. The molecule has 1 N–H and O–H groups in total. The number of ether oxygens (including phenoxy) is 3. The zero-order valence-corrected chi connectivity index (χ0v) is 20.1. The number of amides is 1. The van der Waals surface area contributed by atoms with Gasteiger partial charge in [-0.1, -0.05) is 24.3 Å². The van der Waals surface area contributed by atoms with Crippen LogP contribution in [0.25, 0.3) is 10.4 Å². The van der Waals surface area contributed by atoms with Crippen molar-refractivity contribution in [2.24, 2.45) is 0 Å². The van der Waals surface area contributed by atoms with E-state index in [1.807, 2.05) is 36.4 Å². The van der Waals surface area contributed by atoms with E-state index >= 15 is 0 Å². The Bertz CT molecular complexity index is 1220. The Morgan fingerprint density at radius 3 is 2.49 bits per heavy atom. The Kier molecular flexibility index (Phi) is 7.47. The van der Waals surface area contributed by atoms with E-state index in [2.05, 4.69) is 4.98 Å². The summed E-state index contributed by atoms with van der Waals surface area (Å²) in [5.74, 6) is -1.31. The van der Waals surface area contributed by atoms with Crippen molar-refractivity contribution in [1.82, 2.24) is 9.55 Å². The number of rotatable bonds is 9. The summed E-state index contributed by atoms with van der Waals surface area (Å²) in [7, 11) is 0. The molecule has 35 heavy (non-hydrogen) atoms. The van der Waals surface area contributed by atoms with Crippen molar-refractivity contribution in [3.05, 3.63) is 59.7 Å². The van der Waals surface area contributed by atoms with Gasteiger partial charge in [0.05, 0.1) is 32.7 Å². The van der Waals surface area contributed by atoms with E-state index in [9.17, 15) is 19.5 Å². The molecule has 0 unspecified atom stereocenters. The van der Waals surface area contributed by atoms with E-state index in [0.29, 0.717) is 13.1 Å². The molecule has 1 fully saturated rings. The molecule has 0 saturated carbocycles. The van der Waals surface area contributed by atoms with Crippen LogP contribution in [-0.4, -0.2) is 65.2 Å². The van der Waals surface area contributed by atoms with Crippen LogP contribution in [0.3, 0.4) is 0 Å². The van der Waals surface area contributed by atoms with E-state index < -0.39 is 24.1 Å². The minimum atomic E-state index is -0.676. The molecule has 3 aromatic rings. The molecule has 0 spiro atoms. The highest BCUT2D eigenvalue weighted by atomic mass is 32.1. The van der Waals surface area contributed by atoms with Crippen LogP contribution in [0.4, 0.5) is 9.80 Å². The predicted octanol–water partition coefficient (Wildman–Crippen LogP) is 3.33. The summed E-state index contributed by atoms with van der Waals surface area (Å²) in [6.07, 6.45) is 0.444. The van der Waals surface area contributed by atoms with E-state index in [1.165, 1.54) is 22.6 Å². The number of anilines is 1. The van der Waals surface area contributed by atoms with Crippen LogP contribution >= 0.6 is 11.3 Å². The number of hydrogen-bond donors (Lipinski definition) is 1. The van der Waals surface area contributed by atoms with Crippen LogP contribution in [0.15, 0.2) is 42.7 Å². The van der Waals surface area contributed by atoms with Crippen molar-refractivity contribution in [3.63, 3.8) is 0 Å². The van der Waals surface area contributed by atoms with Crippen molar-refractivity contribution in [3.8, 4) is 10.4 Å². The number of carbonyl (C=O) groups is 3. The summed E-state index contributed by atoms with van der Waals surface area (Å²) in [5.41, 5.74) is 1.82. The summed E-state index contributed by atoms with van der Waals surface area (Å²) < 4.78 is 16.8. The number of cyclic esters (lactones) is 1. The van der Waals surface area contributed by atoms with Crippen molar-refractivity contribution in [2.45, 2.75) is 26.5 Å². The first-order chi connectivity index (χ1) is 16.9. The molecule has 1 aliphatic rings. The lowest BCUT2D eigenvalue weighted by atomic mass is 10.1. The number of aliphatic hydroxyl groups excluding tert-OH is 1. The Labute approximate surface area is 205 Å². The van der Waals surface area contributed by atoms with E-state index in [0.717, 1.165) is 21.0 Å². The Morgan fingerprint density at radius 2 is 1.83 bits per heavy atom. The topological polar surface area (TPSA) is 120 Å². The number of aromatic nitrogens is 2. The molecule has 1 amide bonds. The first kappa shape index (κ1) is 24.4. The fraction of sp³-hybridized carbons (Fsp3) is 0.333. The minimum Gasteiger partial charge on any atom is -0.461 e. The van der Waals surface area contributed by atoms with Crippen molar-refractivity contribution in [2.75, 3.05) is 31.3 Å². The molecule has 0 radical (unpaired) electrons. The van der Waals surface area contributed by atoms with Gasteiger partial charge in [0, 0.05) is 11.4 Å². The summed E-state index contributed by atoms with van der Waals surface area (Å²) in [5, 5.41) is 9.98. The lowest BCUT2D eigenvalue weighted by Crippen LogP contribution is -2.24. The van der Waals surface area contributed by atoms with Crippen LogP contribution in [0.5, 0.6) is 0 Å². The van der Waals surface area contributed by atoms with Crippen LogP contribution < -0.4 is 4.90 Å². The second-order valence-corrected chi connectivity index (χ2v) is 8.71. The SMILES string of the molecule is CCOC(=O)c1ncn(Cc2ccc(-c3ccc(N4C[C@H](CO)OC4=O)s3)cc2)c1C(=O)OCC. The van der Waals surface area contributed by atoms with E-state index in [1.54, 1.807) is 18.4 Å². The van der Waals surface area contributed by atoms with Gasteiger partial charge in [0.1, 0.15) is 11.1 Å². The zero-order chi connectivity index (χ0) is 24.9. The molecule has 4 rings (SSSR count). The number of hydrogen-bond acceptors (Lipinski definition) is 9. The van der Waals surface area contributed by atoms with Gasteiger partial charge < -0.3 is 23.9 Å².